The Kier molecular flexibility index (Phi) is 3.94. The Morgan fingerprint density at radius 1 is 0.864 bits per heavy atom. The van der Waals surface area contributed by atoms with E-state index >= 15 is 0 Å². The van der Waals surface area contributed by atoms with Gasteiger partial charge >= 0.3 is 0 Å². The van der Waals surface area contributed by atoms with Crippen LogP contribution in [0.2, 0.25) is 0 Å². The highest BCUT2D eigenvalue weighted by Crippen LogP contribution is 2.35. The molecule has 0 radical (unpaired) electrons. The highest BCUT2D eigenvalue weighted by Gasteiger charge is 2.14. The molecule has 22 heavy (non-hydrogen) atoms. The van der Waals surface area contributed by atoms with Gasteiger partial charge in [0, 0.05) is 17.7 Å². The van der Waals surface area contributed by atoms with Crippen molar-refractivity contribution in [2.45, 2.75) is 0 Å². The Hall–Kier alpha value is -2.21. The van der Waals surface area contributed by atoms with Crippen LogP contribution < -0.4 is 14.2 Å². The largest absolute Gasteiger partial charge is 0.497 e. The van der Waals surface area contributed by atoms with Crippen LogP contribution >= 0.6 is 15.9 Å². The minimum absolute atomic E-state index is 0.487. The van der Waals surface area contributed by atoms with Crippen LogP contribution in [0.15, 0.2) is 39.2 Å². The summed E-state index contributed by atoms with van der Waals surface area (Å²) in [6.45, 7) is 0. The van der Waals surface area contributed by atoms with Crippen LogP contribution in [-0.4, -0.2) is 26.3 Å². The molecule has 5 nitrogen and oxygen atoms in total. The van der Waals surface area contributed by atoms with E-state index in [1.54, 1.807) is 27.4 Å². The number of ether oxygens (including phenoxy) is 3. The Balaban J connectivity index is 2.16. The Morgan fingerprint density at radius 2 is 1.45 bits per heavy atom. The lowest BCUT2D eigenvalue weighted by atomic mass is 10.2. The smallest absolute Gasteiger partial charge is 0.227 e. The maximum Gasteiger partial charge on any atom is 0.227 e. The molecule has 1 heterocycles. The van der Waals surface area contributed by atoms with Crippen molar-refractivity contribution in [1.29, 1.82) is 0 Å². The molecular weight excluding hydrogens is 350 g/mol. The normalized spacial score (nSPS) is 10.7. The second kappa shape index (κ2) is 5.88. The van der Waals surface area contributed by atoms with Crippen LogP contribution in [0.5, 0.6) is 17.2 Å². The number of oxazole rings is 1. The van der Waals surface area contributed by atoms with Crippen LogP contribution in [0.1, 0.15) is 0 Å². The van der Waals surface area contributed by atoms with Crippen molar-refractivity contribution >= 4 is 27.0 Å². The molecule has 114 valence electrons. The molecule has 3 rings (SSSR count). The monoisotopic (exact) mass is 363 g/mol. The maximum atomic E-state index is 5.86. The fraction of sp³-hybridized carbons (Fsp3) is 0.188. The number of fused-ring (bicyclic) bond motifs is 1. The number of methoxy groups -OCH3 is 3. The summed E-state index contributed by atoms with van der Waals surface area (Å²) in [6, 6.07) is 9.15. The first kappa shape index (κ1) is 14.7. The molecule has 0 atom stereocenters. The fourth-order valence-corrected chi connectivity index (χ4v) is 2.65. The predicted molar refractivity (Wildman–Crippen MR) is 86.8 cm³/mol. The zero-order valence-corrected chi connectivity index (χ0v) is 13.9. The van der Waals surface area contributed by atoms with Crippen LogP contribution in [0.4, 0.5) is 0 Å². The van der Waals surface area contributed by atoms with Gasteiger partial charge in [0.15, 0.2) is 5.58 Å². The molecule has 0 saturated heterocycles. The van der Waals surface area contributed by atoms with E-state index in [0.29, 0.717) is 34.2 Å². The molecule has 0 saturated carbocycles. The highest BCUT2D eigenvalue weighted by atomic mass is 79.9. The van der Waals surface area contributed by atoms with Gasteiger partial charge in [0.05, 0.1) is 25.8 Å². The van der Waals surface area contributed by atoms with E-state index in [4.69, 9.17) is 18.6 Å². The zero-order valence-electron chi connectivity index (χ0n) is 12.3. The summed E-state index contributed by atoms with van der Waals surface area (Å²) in [7, 11) is 4.82. The maximum absolute atomic E-state index is 5.86. The molecule has 2 aromatic carbocycles. The Labute approximate surface area is 135 Å². The first-order valence-corrected chi connectivity index (χ1v) is 7.31. The van der Waals surface area contributed by atoms with Crippen molar-refractivity contribution < 1.29 is 18.6 Å². The average molecular weight is 364 g/mol. The van der Waals surface area contributed by atoms with Gasteiger partial charge in [-0.05, 0) is 34.1 Å². The number of rotatable bonds is 4. The molecule has 0 spiro atoms. The molecular formula is C16H14BrNO4. The van der Waals surface area contributed by atoms with E-state index in [2.05, 4.69) is 20.9 Å². The average Bonchev–Trinajstić information content (AvgIpc) is 2.98. The van der Waals surface area contributed by atoms with Gasteiger partial charge in [-0.15, -0.1) is 0 Å². The Bertz CT molecular complexity index is 806. The fourth-order valence-electron chi connectivity index (χ4n) is 2.14. The van der Waals surface area contributed by atoms with E-state index in [9.17, 15) is 0 Å². The topological polar surface area (TPSA) is 53.7 Å². The van der Waals surface area contributed by atoms with Gasteiger partial charge in [0.25, 0.3) is 0 Å². The molecule has 0 N–H and O–H groups in total. The lowest BCUT2D eigenvalue weighted by molar-refractivity contribution is 0.394. The summed E-state index contributed by atoms with van der Waals surface area (Å²) in [5, 5.41) is 0. The van der Waals surface area contributed by atoms with Crippen LogP contribution in [0, 0.1) is 0 Å². The molecule has 0 aliphatic rings. The molecule has 0 fully saturated rings. The third-order valence-electron chi connectivity index (χ3n) is 3.25. The third kappa shape index (κ3) is 2.62. The lowest BCUT2D eigenvalue weighted by Gasteiger charge is -2.05. The molecule has 0 aliphatic carbocycles. The molecule has 0 aliphatic heterocycles. The van der Waals surface area contributed by atoms with Crippen LogP contribution in [-0.2, 0) is 0 Å². The van der Waals surface area contributed by atoms with Crippen molar-refractivity contribution in [2.24, 2.45) is 0 Å². The molecule has 0 amide bonds. The summed E-state index contributed by atoms with van der Waals surface area (Å²) in [6.07, 6.45) is 0. The number of hydrogen-bond donors (Lipinski definition) is 0. The first-order chi connectivity index (χ1) is 10.6. The zero-order chi connectivity index (χ0) is 15.7. The van der Waals surface area contributed by atoms with E-state index < -0.39 is 0 Å². The van der Waals surface area contributed by atoms with Gasteiger partial charge in [-0.25, -0.2) is 4.98 Å². The second-order valence-corrected chi connectivity index (χ2v) is 5.43. The number of halogens is 1. The first-order valence-electron chi connectivity index (χ1n) is 6.52. The van der Waals surface area contributed by atoms with Crippen molar-refractivity contribution in [3.63, 3.8) is 0 Å². The summed E-state index contributed by atoms with van der Waals surface area (Å²) in [4.78, 5) is 4.52. The van der Waals surface area contributed by atoms with Gasteiger partial charge in [-0.2, -0.15) is 0 Å². The van der Waals surface area contributed by atoms with Gasteiger partial charge in [-0.1, -0.05) is 0 Å². The standard InChI is InChI=1S/C16H14BrNO4/c1-19-10-4-9(5-11(6-10)20-2)16-18-14-8-12(21-3)7-13(17)15(14)22-16/h4-8H,1-3H3. The molecule has 3 aromatic rings. The van der Waals surface area contributed by atoms with Gasteiger partial charge in [0.1, 0.15) is 22.8 Å². The van der Waals surface area contributed by atoms with E-state index in [1.165, 1.54) is 0 Å². The predicted octanol–water partition coefficient (Wildman–Crippen LogP) is 4.28. The van der Waals surface area contributed by atoms with Gasteiger partial charge < -0.3 is 18.6 Å². The second-order valence-electron chi connectivity index (χ2n) is 4.58. The van der Waals surface area contributed by atoms with Crippen molar-refractivity contribution in [1.82, 2.24) is 4.98 Å². The molecule has 6 heteroatoms. The van der Waals surface area contributed by atoms with Crippen molar-refractivity contribution in [2.75, 3.05) is 21.3 Å². The molecule has 0 bridgehead atoms. The number of nitrogens with zero attached hydrogens (tertiary/aromatic N) is 1. The van der Waals surface area contributed by atoms with Crippen molar-refractivity contribution in [3.05, 3.63) is 34.8 Å². The summed E-state index contributed by atoms with van der Waals surface area (Å²) < 4.78 is 22.4. The third-order valence-corrected chi connectivity index (χ3v) is 3.84. The SMILES string of the molecule is COc1cc(OC)cc(-c2nc3cc(OC)cc(Br)c3o2)c1. The van der Waals surface area contributed by atoms with Gasteiger partial charge in [-0.3, -0.25) is 0 Å². The minimum atomic E-state index is 0.487. The quantitative estimate of drug-likeness (QED) is 0.692. The van der Waals surface area contributed by atoms with E-state index in [-0.39, 0.29) is 0 Å². The number of hydrogen-bond acceptors (Lipinski definition) is 5. The van der Waals surface area contributed by atoms with Crippen molar-refractivity contribution in [3.8, 4) is 28.7 Å². The number of benzene rings is 2. The molecule has 0 unspecified atom stereocenters. The number of aromatic nitrogens is 1. The Morgan fingerprint density at radius 3 is 2.05 bits per heavy atom. The van der Waals surface area contributed by atoms with E-state index in [0.717, 1.165) is 10.0 Å². The highest BCUT2D eigenvalue weighted by molar-refractivity contribution is 9.10. The van der Waals surface area contributed by atoms with Gasteiger partial charge in [0.2, 0.25) is 5.89 Å². The lowest BCUT2D eigenvalue weighted by Crippen LogP contribution is -1.88. The van der Waals surface area contributed by atoms with Crippen LogP contribution in [0.25, 0.3) is 22.6 Å². The summed E-state index contributed by atoms with van der Waals surface area (Å²) in [5.74, 6) is 2.55. The molecule has 1 aromatic heterocycles. The summed E-state index contributed by atoms with van der Waals surface area (Å²) in [5.41, 5.74) is 2.15. The van der Waals surface area contributed by atoms with Crippen LogP contribution in [0.3, 0.4) is 0 Å². The summed E-state index contributed by atoms with van der Waals surface area (Å²) >= 11 is 3.47. The minimum Gasteiger partial charge on any atom is -0.497 e. The van der Waals surface area contributed by atoms with E-state index in [1.807, 2.05) is 24.3 Å².